The van der Waals surface area contributed by atoms with Crippen molar-refractivity contribution in [2.75, 3.05) is 6.54 Å². The molecule has 1 saturated carbocycles. The van der Waals surface area contributed by atoms with Gasteiger partial charge in [-0.15, -0.1) is 0 Å². The summed E-state index contributed by atoms with van der Waals surface area (Å²) in [4.78, 5) is 2.54. The number of nitrogens with zero attached hydrogens (tertiary/aromatic N) is 3. The molecule has 1 aromatic carbocycles. The zero-order valence-corrected chi connectivity index (χ0v) is 11.9. The lowest BCUT2D eigenvalue weighted by Crippen LogP contribution is -2.26. The van der Waals surface area contributed by atoms with Crippen LogP contribution in [0.5, 0.6) is 0 Å². The summed E-state index contributed by atoms with van der Waals surface area (Å²) in [6.07, 6.45) is 9.01. The van der Waals surface area contributed by atoms with Gasteiger partial charge in [-0.25, -0.2) is 0 Å². The van der Waals surface area contributed by atoms with E-state index in [1.54, 1.807) is 0 Å². The van der Waals surface area contributed by atoms with E-state index in [1.807, 2.05) is 17.9 Å². The Labute approximate surface area is 120 Å². The Bertz CT molecular complexity index is 567. The molecule has 104 valence electrons. The molecule has 0 atom stereocenters. The topological polar surface area (TPSA) is 21.1 Å². The van der Waals surface area contributed by atoms with E-state index in [9.17, 15) is 0 Å². The summed E-state index contributed by atoms with van der Waals surface area (Å²) < 4.78 is 1.97. The van der Waals surface area contributed by atoms with Crippen molar-refractivity contribution < 1.29 is 0 Å². The fourth-order valence-corrected chi connectivity index (χ4v) is 2.44. The summed E-state index contributed by atoms with van der Waals surface area (Å²) in [7, 11) is 2.01. The predicted octanol–water partition coefficient (Wildman–Crippen LogP) is 3.10. The SMILES string of the molecule is Cn1nccc1CN(CC=Cc1ccccc1)C1CC1. The van der Waals surface area contributed by atoms with Gasteiger partial charge in [0, 0.05) is 32.4 Å². The molecule has 20 heavy (non-hydrogen) atoms. The molecule has 0 saturated heterocycles. The van der Waals surface area contributed by atoms with Crippen molar-refractivity contribution in [1.29, 1.82) is 0 Å². The maximum absolute atomic E-state index is 4.25. The van der Waals surface area contributed by atoms with E-state index < -0.39 is 0 Å². The third kappa shape index (κ3) is 3.36. The van der Waals surface area contributed by atoms with Crippen LogP contribution in [0.3, 0.4) is 0 Å². The quantitative estimate of drug-likeness (QED) is 0.802. The van der Waals surface area contributed by atoms with Crippen LogP contribution in [0.25, 0.3) is 6.08 Å². The predicted molar refractivity (Wildman–Crippen MR) is 82.1 cm³/mol. The van der Waals surface area contributed by atoms with Crippen LogP contribution in [0.4, 0.5) is 0 Å². The van der Waals surface area contributed by atoms with Gasteiger partial charge in [-0.1, -0.05) is 42.5 Å². The fourth-order valence-electron chi connectivity index (χ4n) is 2.44. The first-order valence-corrected chi connectivity index (χ1v) is 7.25. The highest BCUT2D eigenvalue weighted by atomic mass is 15.3. The molecule has 0 bridgehead atoms. The lowest BCUT2D eigenvalue weighted by Gasteiger charge is -2.20. The van der Waals surface area contributed by atoms with E-state index in [1.165, 1.54) is 24.1 Å². The van der Waals surface area contributed by atoms with Crippen molar-refractivity contribution in [3.63, 3.8) is 0 Å². The largest absolute Gasteiger partial charge is 0.291 e. The summed E-state index contributed by atoms with van der Waals surface area (Å²) in [6, 6.07) is 13.3. The first kappa shape index (κ1) is 13.1. The van der Waals surface area contributed by atoms with Crippen LogP contribution < -0.4 is 0 Å². The van der Waals surface area contributed by atoms with Crippen LogP contribution >= 0.6 is 0 Å². The Balaban J connectivity index is 1.61. The highest BCUT2D eigenvalue weighted by Gasteiger charge is 2.28. The molecule has 0 unspecified atom stereocenters. The number of aryl methyl sites for hydroxylation is 1. The van der Waals surface area contributed by atoms with Crippen LogP contribution in [-0.4, -0.2) is 27.3 Å². The number of benzene rings is 1. The van der Waals surface area contributed by atoms with Crippen molar-refractivity contribution in [3.8, 4) is 0 Å². The molecule has 1 aliphatic rings. The minimum absolute atomic E-state index is 0.755. The Morgan fingerprint density at radius 3 is 2.70 bits per heavy atom. The summed E-state index contributed by atoms with van der Waals surface area (Å²) in [5.41, 5.74) is 2.55. The van der Waals surface area contributed by atoms with Crippen LogP contribution in [0, 0.1) is 0 Å². The van der Waals surface area contributed by atoms with Crippen molar-refractivity contribution in [2.45, 2.75) is 25.4 Å². The van der Waals surface area contributed by atoms with Crippen molar-refractivity contribution in [1.82, 2.24) is 14.7 Å². The molecule has 3 nitrogen and oxygen atoms in total. The molecular formula is C17H21N3. The number of aromatic nitrogens is 2. The normalized spacial score (nSPS) is 15.3. The van der Waals surface area contributed by atoms with E-state index in [0.717, 1.165) is 19.1 Å². The number of hydrogen-bond acceptors (Lipinski definition) is 2. The van der Waals surface area contributed by atoms with Crippen LogP contribution in [0.2, 0.25) is 0 Å². The van der Waals surface area contributed by atoms with Gasteiger partial charge >= 0.3 is 0 Å². The Hall–Kier alpha value is -1.87. The lowest BCUT2D eigenvalue weighted by atomic mass is 10.2. The monoisotopic (exact) mass is 267 g/mol. The second kappa shape index (κ2) is 6.06. The molecule has 0 N–H and O–H groups in total. The van der Waals surface area contributed by atoms with E-state index >= 15 is 0 Å². The molecular weight excluding hydrogens is 246 g/mol. The van der Waals surface area contributed by atoms with Gasteiger partial charge in [-0.3, -0.25) is 9.58 Å². The molecule has 1 fully saturated rings. The van der Waals surface area contributed by atoms with Crippen LogP contribution in [-0.2, 0) is 13.6 Å². The Morgan fingerprint density at radius 2 is 2.05 bits per heavy atom. The van der Waals surface area contributed by atoms with Gasteiger partial charge in [-0.2, -0.15) is 5.10 Å². The number of rotatable bonds is 6. The fraction of sp³-hybridized carbons (Fsp3) is 0.353. The zero-order chi connectivity index (χ0) is 13.8. The first-order chi connectivity index (χ1) is 9.83. The molecule has 0 radical (unpaired) electrons. The van der Waals surface area contributed by atoms with Gasteiger partial charge in [0.15, 0.2) is 0 Å². The van der Waals surface area contributed by atoms with Crippen LogP contribution in [0.1, 0.15) is 24.1 Å². The van der Waals surface area contributed by atoms with E-state index in [2.05, 4.69) is 58.5 Å². The third-order valence-electron chi connectivity index (χ3n) is 3.80. The van der Waals surface area contributed by atoms with Crippen molar-refractivity contribution in [3.05, 3.63) is 59.9 Å². The summed E-state index contributed by atoms with van der Waals surface area (Å²) in [5, 5.41) is 4.25. The second-order valence-electron chi connectivity index (χ2n) is 5.42. The Kier molecular flexibility index (Phi) is 3.97. The van der Waals surface area contributed by atoms with Gasteiger partial charge in [0.25, 0.3) is 0 Å². The average molecular weight is 267 g/mol. The van der Waals surface area contributed by atoms with E-state index in [4.69, 9.17) is 0 Å². The molecule has 1 aromatic heterocycles. The minimum atomic E-state index is 0.755. The molecule has 2 aromatic rings. The van der Waals surface area contributed by atoms with Gasteiger partial charge in [0.1, 0.15) is 0 Å². The van der Waals surface area contributed by atoms with Gasteiger partial charge in [0.2, 0.25) is 0 Å². The number of hydrogen-bond donors (Lipinski definition) is 0. The lowest BCUT2D eigenvalue weighted by molar-refractivity contribution is 0.276. The summed E-state index contributed by atoms with van der Waals surface area (Å²) >= 11 is 0. The van der Waals surface area contributed by atoms with Gasteiger partial charge < -0.3 is 0 Å². The standard InChI is InChI=1S/C17H21N3/c1-19-17(11-12-18-19)14-20(16-9-10-16)13-5-8-15-6-3-2-4-7-15/h2-8,11-12,16H,9-10,13-14H2,1H3. The van der Waals surface area contributed by atoms with Crippen LogP contribution in [0.15, 0.2) is 48.7 Å². The maximum atomic E-state index is 4.25. The van der Waals surface area contributed by atoms with Crippen molar-refractivity contribution >= 4 is 6.08 Å². The smallest absolute Gasteiger partial charge is 0.0521 e. The Morgan fingerprint density at radius 1 is 1.25 bits per heavy atom. The minimum Gasteiger partial charge on any atom is -0.291 e. The molecule has 1 heterocycles. The highest BCUT2D eigenvalue weighted by molar-refractivity contribution is 5.48. The van der Waals surface area contributed by atoms with Gasteiger partial charge in [-0.05, 0) is 24.5 Å². The summed E-state index contributed by atoms with van der Waals surface area (Å²) in [6.45, 7) is 1.99. The zero-order valence-electron chi connectivity index (χ0n) is 11.9. The van der Waals surface area contributed by atoms with Gasteiger partial charge in [0.05, 0.1) is 5.69 Å². The first-order valence-electron chi connectivity index (χ1n) is 7.25. The summed E-state index contributed by atoms with van der Waals surface area (Å²) in [5.74, 6) is 0. The third-order valence-corrected chi connectivity index (χ3v) is 3.80. The molecule has 0 spiro atoms. The van der Waals surface area contributed by atoms with E-state index in [0.29, 0.717) is 0 Å². The molecule has 3 rings (SSSR count). The second-order valence-corrected chi connectivity index (χ2v) is 5.42. The molecule has 0 amide bonds. The van der Waals surface area contributed by atoms with Crippen molar-refractivity contribution in [2.24, 2.45) is 7.05 Å². The maximum Gasteiger partial charge on any atom is 0.0521 e. The van der Waals surface area contributed by atoms with E-state index in [-0.39, 0.29) is 0 Å². The highest BCUT2D eigenvalue weighted by Crippen LogP contribution is 2.28. The molecule has 3 heteroatoms. The molecule has 0 aliphatic heterocycles. The molecule has 1 aliphatic carbocycles. The average Bonchev–Trinajstić information content (AvgIpc) is 3.24.